The summed E-state index contributed by atoms with van der Waals surface area (Å²) < 4.78 is 1.63. The van der Waals surface area contributed by atoms with E-state index in [0.29, 0.717) is 30.3 Å². The summed E-state index contributed by atoms with van der Waals surface area (Å²) in [6.07, 6.45) is 7.41. The molecule has 0 spiro atoms. The number of nitrogens with zero attached hydrogens (tertiary/aromatic N) is 3. The maximum atomic E-state index is 13.4. The standard InChI is InChI=1S/C29H31N5O2/c1-20-15-27(34(33-20)26-9-2-5-22(16-26)18-30)28(35)32-25-8-3-6-23(17-25)29(36,13-12-21-10-11-21)24-7-4-14-31-19-24/h2-9,14-17,19,21,36H,10-13,18,30H2,1H3,(H,32,35). The molecule has 2 aromatic carbocycles. The quantitative estimate of drug-likeness (QED) is 0.321. The predicted molar refractivity (Wildman–Crippen MR) is 140 cm³/mol. The molecule has 36 heavy (non-hydrogen) atoms. The Bertz CT molecular complexity index is 1360. The molecule has 1 amide bonds. The number of hydrogen-bond acceptors (Lipinski definition) is 5. The van der Waals surface area contributed by atoms with Crippen molar-refractivity contribution >= 4 is 11.6 Å². The molecule has 4 N–H and O–H groups in total. The Morgan fingerprint density at radius 2 is 1.92 bits per heavy atom. The molecule has 1 aliphatic rings. The van der Waals surface area contributed by atoms with E-state index < -0.39 is 5.60 Å². The van der Waals surface area contributed by atoms with Crippen molar-refractivity contribution in [2.24, 2.45) is 11.7 Å². The third kappa shape index (κ3) is 5.08. The first-order valence-corrected chi connectivity index (χ1v) is 12.4. The molecule has 7 heteroatoms. The van der Waals surface area contributed by atoms with Crippen LogP contribution in [0.3, 0.4) is 0 Å². The van der Waals surface area contributed by atoms with E-state index >= 15 is 0 Å². The first-order chi connectivity index (χ1) is 17.5. The summed E-state index contributed by atoms with van der Waals surface area (Å²) in [5, 5.41) is 19.4. The van der Waals surface area contributed by atoms with Crippen molar-refractivity contribution in [1.29, 1.82) is 0 Å². The number of carbonyl (C=O) groups excluding carboxylic acids is 1. The number of rotatable bonds is 9. The lowest BCUT2D eigenvalue weighted by Gasteiger charge is -2.29. The van der Waals surface area contributed by atoms with Crippen molar-refractivity contribution in [2.75, 3.05) is 5.32 Å². The van der Waals surface area contributed by atoms with Crippen molar-refractivity contribution in [2.45, 2.75) is 44.8 Å². The second-order valence-corrected chi connectivity index (χ2v) is 9.58. The zero-order valence-corrected chi connectivity index (χ0v) is 20.4. The van der Waals surface area contributed by atoms with Crippen LogP contribution in [-0.2, 0) is 12.1 Å². The van der Waals surface area contributed by atoms with Gasteiger partial charge in [0.2, 0.25) is 0 Å². The molecule has 0 radical (unpaired) electrons. The number of amides is 1. The van der Waals surface area contributed by atoms with E-state index in [0.717, 1.165) is 34.5 Å². The highest BCUT2D eigenvalue weighted by atomic mass is 16.3. The third-order valence-electron chi connectivity index (χ3n) is 6.80. The average molecular weight is 482 g/mol. The normalized spacial score (nSPS) is 14.9. The van der Waals surface area contributed by atoms with Crippen LogP contribution in [-0.4, -0.2) is 25.8 Å². The van der Waals surface area contributed by atoms with Crippen LogP contribution in [0.5, 0.6) is 0 Å². The van der Waals surface area contributed by atoms with Gasteiger partial charge in [-0.3, -0.25) is 9.78 Å². The van der Waals surface area contributed by atoms with Gasteiger partial charge in [0.15, 0.2) is 0 Å². The van der Waals surface area contributed by atoms with Crippen LogP contribution in [0.25, 0.3) is 5.69 Å². The van der Waals surface area contributed by atoms with Crippen LogP contribution < -0.4 is 11.1 Å². The number of aliphatic hydroxyl groups is 1. The number of aryl methyl sites for hydroxylation is 1. The Labute approximate surface area is 211 Å². The van der Waals surface area contributed by atoms with E-state index in [1.54, 1.807) is 23.1 Å². The summed E-state index contributed by atoms with van der Waals surface area (Å²) in [6, 6.07) is 20.6. The summed E-state index contributed by atoms with van der Waals surface area (Å²) >= 11 is 0. The molecular weight excluding hydrogens is 450 g/mol. The average Bonchev–Trinajstić information content (AvgIpc) is 3.66. The fraction of sp³-hybridized carbons (Fsp3) is 0.276. The van der Waals surface area contributed by atoms with Crippen LogP contribution in [0.1, 0.15) is 58.6 Å². The SMILES string of the molecule is Cc1cc(C(=O)Nc2cccc(C(O)(CCC3CC3)c3cccnc3)c2)n(-c2cccc(CN)c2)n1. The van der Waals surface area contributed by atoms with Crippen molar-refractivity contribution in [3.63, 3.8) is 0 Å². The number of benzene rings is 2. The van der Waals surface area contributed by atoms with Crippen LogP contribution in [0.15, 0.2) is 79.1 Å². The van der Waals surface area contributed by atoms with Crippen LogP contribution in [0.4, 0.5) is 5.69 Å². The minimum atomic E-state index is -1.18. The molecule has 5 rings (SSSR count). The molecule has 7 nitrogen and oxygen atoms in total. The number of nitrogens with one attached hydrogen (secondary N) is 1. The lowest BCUT2D eigenvalue weighted by molar-refractivity contribution is 0.0666. The smallest absolute Gasteiger partial charge is 0.274 e. The Morgan fingerprint density at radius 1 is 1.11 bits per heavy atom. The van der Waals surface area contributed by atoms with E-state index in [4.69, 9.17) is 5.73 Å². The third-order valence-corrected chi connectivity index (χ3v) is 6.80. The number of pyridine rings is 1. The monoisotopic (exact) mass is 481 g/mol. The number of nitrogens with two attached hydrogens (primary N) is 1. The molecule has 2 aromatic heterocycles. The van der Waals surface area contributed by atoms with Gasteiger partial charge in [0, 0.05) is 30.2 Å². The largest absolute Gasteiger partial charge is 0.380 e. The number of hydrogen-bond donors (Lipinski definition) is 3. The summed E-state index contributed by atoms with van der Waals surface area (Å²) in [4.78, 5) is 17.6. The van der Waals surface area contributed by atoms with Crippen molar-refractivity contribution < 1.29 is 9.90 Å². The van der Waals surface area contributed by atoms with Gasteiger partial charge in [-0.05, 0) is 73.2 Å². The van der Waals surface area contributed by atoms with Gasteiger partial charge in [0.05, 0.1) is 11.4 Å². The molecular formula is C29H31N5O2. The van der Waals surface area contributed by atoms with Crippen LogP contribution in [0.2, 0.25) is 0 Å². The second-order valence-electron chi connectivity index (χ2n) is 9.58. The van der Waals surface area contributed by atoms with Crippen molar-refractivity contribution in [3.05, 3.63) is 107 Å². The second kappa shape index (κ2) is 10.0. The Balaban J connectivity index is 1.43. The lowest BCUT2D eigenvalue weighted by atomic mass is 9.82. The van der Waals surface area contributed by atoms with Gasteiger partial charge in [0.1, 0.15) is 11.3 Å². The Morgan fingerprint density at radius 3 is 2.67 bits per heavy atom. The van der Waals surface area contributed by atoms with E-state index in [1.807, 2.05) is 67.6 Å². The zero-order chi connectivity index (χ0) is 25.1. The van der Waals surface area contributed by atoms with E-state index in [1.165, 1.54) is 12.8 Å². The zero-order valence-electron chi connectivity index (χ0n) is 20.4. The molecule has 184 valence electrons. The molecule has 0 aliphatic heterocycles. The van der Waals surface area contributed by atoms with E-state index in [-0.39, 0.29) is 5.91 Å². The van der Waals surface area contributed by atoms with Gasteiger partial charge >= 0.3 is 0 Å². The molecule has 1 aliphatic carbocycles. The first-order valence-electron chi connectivity index (χ1n) is 12.4. The Kier molecular flexibility index (Phi) is 6.67. The van der Waals surface area contributed by atoms with Gasteiger partial charge in [-0.15, -0.1) is 0 Å². The molecule has 2 heterocycles. The fourth-order valence-corrected chi connectivity index (χ4v) is 4.60. The van der Waals surface area contributed by atoms with E-state index in [9.17, 15) is 9.90 Å². The Hall–Kier alpha value is -3.81. The summed E-state index contributed by atoms with van der Waals surface area (Å²) in [7, 11) is 0. The number of anilines is 1. The highest BCUT2D eigenvalue weighted by Crippen LogP contribution is 2.41. The van der Waals surface area contributed by atoms with Gasteiger partial charge in [-0.2, -0.15) is 5.10 Å². The molecule has 1 unspecified atom stereocenters. The topological polar surface area (TPSA) is 106 Å². The molecule has 0 saturated heterocycles. The highest BCUT2D eigenvalue weighted by molar-refractivity contribution is 6.03. The molecule has 0 bridgehead atoms. The van der Waals surface area contributed by atoms with Gasteiger partial charge in [-0.25, -0.2) is 4.68 Å². The van der Waals surface area contributed by atoms with Gasteiger partial charge in [-0.1, -0.05) is 43.2 Å². The van der Waals surface area contributed by atoms with Gasteiger partial charge in [0.25, 0.3) is 5.91 Å². The van der Waals surface area contributed by atoms with Crippen molar-refractivity contribution in [1.82, 2.24) is 14.8 Å². The lowest BCUT2D eigenvalue weighted by Crippen LogP contribution is -2.28. The van der Waals surface area contributed by atoms with Crippen molar-refractivity contribution in [3.8, 4) is 5.69 Å². The molecule has 1 saturated carbocycles. The van der Waals surface area contributed by atoms with Crippen LogP contribution >= 0.6 is 0 Å². The summed E-state index contributed by atoms with van der Waals surface area (Å²) in [5.74, 6) is 0.395. The number of carbonyl (C=O) groups is 1. The maximum absolute atomic E-state index is 13.4. The molecule has 1 atom stereocenters. The highest BCUT2D eigenvalue weighted by Gasteiger charge is 2.34. The minimum Gasteiger partial charge on any atom is -0.380 e. The van der Waals surface area contributed by atoms with Gasteiger partial charge < -0.3 is 16.2 Å². The summed E-state index contributed by atoms with van der Waals surface area (Å²) in [6.45, 7) is 2.26. The molecule has 1 fully saturated rings. The van der Waals surface area contributed by atoms with E-state index in [2.05, 4.69) is 15.4 Å². The predicted octanol–water partition coefficient (Wildman–Crippen LogP) is 4.71. The maximum Gasteiger partial charge on any atom is 0.274 e. The summed E-state index contributed by atoms with van der Waals surface area (Å²) in [5.41, 5.74) is 9.59. The number of aromatic nitrogens is 3. The minimum absolute atomic E-state index is 0.284. The fourth-order valence-electron chi connectivity index (χ4n) is 4.60. The molecule has 4 aromatic rings. The first kappa shape index (κ1) is 23.9. The van der Waals surface area contributed by atoms with Crippen LogP contribution in [0, 0.1) is 12.8 Å².